The van der Waals surface area contributed by atoms with Crippen LogP contribution in [0.4, 0.5) is 0 Å². The van der Waals surface area contributed by atoms with E-state index >= 15 is 0 Å². The summed E-state index contributed by atoms with van der Waals surface area (Å²) in [5, 5.41) is 0. The minimum absolute atomic E-state index is 0.514. The Morgan fingerprint density at radius 1 is 0.462 bits per heavy atom. The Labute approximate surface area is 264 Å². The second kappa shape index (κ2) is 10.1. The fourth-order valence-electron chi connectivity index (χ4n) is 6.63. The first-order valence-electron chi connectivity index (χ1n) is 12.9. The van der Waals surface area contributed by atoms with Gasteiger partial charge >= 0.3 is 0 Å². The summed E-state index contributed by atoms with van der Waals surface area (Å²) in [6, 6.07) is 31.7. The van der Waals surface area contributed by atoms with Crippen LogP contribution in [0.2, 0.25) is 0 Å². The molecule has 39 heavy (non-hydrogen) atoms. The molecule has 5 aromatic rings. The highest BCUT2D eigenvalue weighted by atomic mass is 79.9. The molecule has 0 unspecified atom stereocenters. The molecule has 0 heterocycles. The molecular formula is C35H26Br4. The third-order valence-corrected chi connectivity index (χ3v) is 9.69. The van der Waals surface area contributed by atoms with Crippen molar-refractivity contribution in [2.24, 2.45) is 0 Å². The summed E-state index contributed by atoms with van der Waals surface area (Å²) in [7, 11) is 0. The predicted molar refractivity (Wildman–Crippen MR) is 179 cm³/mol. The van der Waals surface area contributed by atoms with Crippen molar-refractivity contribution >= 4 is 63.7 Å². The Bertz CT molecular complexity index is 1680. The molecule has 0 nitrogen and oxygen atoms in total. The Morgan fingerprint density at radius 3 is 1.54 bits per heavy atom. The van der Waals surface area contributed by atoms with Gasteiger partial charge in [0.25, 0.3) is 0 Å². The number of hydrogen-bond donors (Lipinski definition) is 0. The van der Waals surface area contributed by atoms with Crippen molar-refractivity contribution in [1.29, 1.82) is 0 Å². The van der Waals surface area contributed by atoms with Crippen molar-refractivity contribution in [2.45, 2.75) is 33.1 Å². The highest BCUT2D eigenvalue weighted by Gasteiger charge is 2.47. The first kappa shape index (κ1) is 27.2. The van der Waals surface area contributed by atoms with Crippen LogP contribution in [0.5, 0.6) is 0 Å². The fourth-order valence-corrected chi connectivity index (χ4v) is 9.22. The van der Waals surface area contributed by atoms with Crippen LogP contribution in [-0.2, 0) is 5.41 Å². The lowest BCUT2D eigenvalue weighted by Gasteiger charge is -2.34. The summed E-state index contributed by atoms with van der Waals surface area (Å²) in [5.74, 6) is 0. The Morgan fingerprint density at radius 2 is 1.00 bits per heavy atom. The molecule has 1 aliphatic carbocycles. The van der Waals surface area contributed by atoms with E-state index in [1.807, 2.05) is 0 Å². The molecule has 194 valence electrons. The summed E-state index contributed by atoms with van der Waals surface area (Å²) < 4.78 is 4.18. The van der Waals surface area contributed by atoms with Gasteiger partial charge < -0.3 is 0 Å². The molecule has 0 aliphatic heterocycles. The van der Waals surface area contributed by atoms with Crippen LogP contribution in [-0.4, -0.2) is 0 Å². The van der Waals surface area contributed by atoms with Gasteiger partial charge in [0.2, 0.25) is 0 Å². The minimum Gasteiger partial charge on any atom is -0.0613 e. The maximum atomic E-state index is 3.81. The van der Waals surface area contributed by atoms with Crippen LogP contribution in [0, 0.1) is 27.7 Å². The van der Waals surface area contributed by atoms with E-state index in [9.17, 15) is 0 Å². The van der Waals surface area contributed by atoms with Crippen LogP contribution in [0.1, 0.15) is 44.5 Å². The SMILES string of the molecule is Cc1cc(C)c(-c2cccc3c2-c2cc(C)ccc2C3(c2cc(Br)cc(Br)c2)c2cc(Br)cc(Br)c2)c(C)c1. The van der Waals surface area contributed by atoms with Crippen LogP contribution >= 0.6 is 63.7 Å². The van der Waals surface area contributed by atoms with Crippen molar-refractivity contribution in [2.75, 3.05) is 0 Å². The molecule has 0 atom stereocenters. The van der Waals surface area contributed by atoms with Crippen LogP contribution in [0.3, 0.4) is 0 Å². The quantitative estimate of drug-likeness (QED) is 0.168. The maximum Gasteiger partial charge on any atom is 0.0715 e. The lowest BCUT2D eigenvalue weighted by atomic mass is 9.67. The number of rotatable bonds is 3. The predicted octanol–water partition coefficient (Wildman–Crippen LogP) is 12.0. The lowest BCUT2D eigenvalue weighted by molar-refractivity contribution is 0.765. The molecule has 0 amide bonds. The van der Waals surface area contributed by atoms with Gasteiger partial charge in [-0.2, -0.15) is 0 Å². The molecular weight excluding hydrogens is 740 g/mol. The molecule has 0 aromatic heterocycles. The Hall–Kier alpha value is -1.98. The number of halogens is 4. The largest absolute Gasteiger partial charge is 0.0715 e. The zero-order chi connectivity index (χ0) is 27.6. The molecule has 0 bridgehead atoms. The summed E-state index contributed by atoms with van der Waals surface area (Å²) in [4.78, 5) is 0. The zero-order valence-electron chi connectivity index (χ0n) is 22.1. The second-order valence-electron chi connectivity index (χ2n) is 10.6. The van der Waals surface area contributed by atoms with E-state index < -0.39 is 5.41 Å². The van der Waals surface area contributed by atoms with E-state index in [-0.39, 0.29) is 0 Å². The van der Waals surface area contributed by atoms with E-state index in [1.165, 1.54) is 66.8 Å². The molecule has 4 heteroatoms. The normalized spacial score (nSPS) is 13.3. The summed E-state index contributed by atoms with van der Waals surface area (Å²) in [6.07, 6.45) is 0. The summed E-state index contributed by atoms with van der Waals surface area (Å²) in [5.41, 5.74) is 14.9. The zero-order valence-corrected chi connectivity index (χ0v) is 28.4. The molecule has 1 aliphatic rings. The monoisotopic (exact) mass is 762 g/mol. The number of hydrogen-bond acceptors (Lipinski definition) is 0. The molecule has 0 N–H and O–H groups in total. The molecule has 5 aromatic carbocycles. The lowest BCUT2D eigenvalue weighted by Crippen LogP contribution is -2.29. The third kappa shape index (κ3) is 4.43. The van der Waals surface area contributed by atoms with Gasteiger partial charge in [0.1, 0.15) is 0 Å². The first-order chi connectivity index (χ1) is 18.6. The standard InChI is InChI=1S/C35H26Br4/c1-19-8-9-31-30(12-19)34-29(33-21(3)10-20(2)11-22(33)4)6-5-7-32(34)35(31,23-13-25(36)17-26(37)14-23)24-15-27(38)18-28(39)16-24/h5-18H,1-4H3. The fraction of sp³-hybridized carbons (Fsp3) is 0.143. The highest BCUT2D eigenvalue weighted by Crippen LogP contribution is 2.59. The molecule has 6 rings (SSSR count). The molecule has 0 spiro atoms. The van der Waals surface area contributed by atoms with E-state index in [0.29, 0.717) is 0 Å². The minimum atomic E-state index is -0.514. The molecule has 0 radical (unpaired) electrons. The van der Waals surface area contributed by atoms with E-state index in [4.69, 9.17) is 0 Å². The van der Waals surface area contributed by atoms with Crippen LogP contribution in [0.25, 0.3) is 22.3 Å². The molecule has 0 saturated carbocycles. The average molecular weight is 766 g/mol. The average Bonchev–Trinajstić information content (AvgIpc) is 3.13. The van der Waals surface area contributed by atoms with Crippen molar-refractivity contribution < 1.29 is 0 Å². The van der Waals surface area contributed by atoms with Gasteiger partial charge in [-0.25, -0.2) is 0 Å². The second-order valence-corrected chi connectivity index (χ2v) is 14.3. The van der Waals surface area contributed by atoms with Crippen molar-refractivity contribution in [3.8, 4) is 22.3 Å². The third-order valence-electron chi connectivity index (χ3n) is 7.85. The van der Waals surface area contributed by atoms with Gasteiger partial charge in [-0.15, -0.1) is 0 Å². The topological polar surface area (TPSA) is 0 Å². The first-order valence-corrected chi connectivity index (χ1v) is 16.0. The maximum absolute atomic E-state index is 3.81. The van der Waals surface area contributed by atoms with Crippen LogP contribution < -0.4 is 0 Å². The van der Waals surface area contributed by atoms with Crippen LogP contribution in [0.15, 0.2) is 103 Å². The number of aryl methyl sites for hydroxylation is 4. The smallest absolute Gasteiger partial charge is 0.0613 e. The van der Waals surface area contributed by atoms with Gasteiger partial charge in [0, 0.05) is 17.9 Å². The van der Waals surface area contributed by atoms with Gasteiger partial charge in [0.05, 0.1) is 5.41 Å². The summed E-state index contributed by atoms with van der Waals surface area (Å²) >= 11 is 15.2. The van der Waals surface area contributed by atoms with Crippen molar-refractivity contribution in [1.82, 2.24) is 0 Å². The van der Waals surface area contributed by atoms with Gasteiger partial charge in [-0.1, -0.05) is 123 Å². The van der Waals surface area contributed by atoms with Gasteiger partial charge in [-0.05, 0) is 120 Å². The Kier molecular flexibility index (Phi) is 7.07. The van der Waals surface area contributed by atoms with Gasteiger partial charge in [0.15, 0.2) is 0 Å². The van der Waals surface area contributed by atoms with Crippen molar-refractivity contribution in [3.05, 3.63) is 147 Å². The van der Waals surface area contributed by atoms with E-state index in [1.54, 1.807) is 0 Å². The highest BCUT2D eigenvalue weighted by molar-refractivity contribution is 9.11. The summed E-state index contributed by atoms with van der Waals surface area (Å²) in [6.45, 7) is 8.85. The molecule has 0 fully saturated rings. The molecule has 0 saturated heterocycles. The number of fused-ring (bicyclic) bond motifs is 3. The van der Waals surface area contributed by atoms with E-state index in [2.05, 4.69) is 176 Å². The Balaban J connectivity index is 1.84. The number of benzene rings is 5. The van der Waals surface area contributed by atoms with Gasteiger partial charge in [-0.3, -0.25) is 0 Å². The van der Waals surface area contributed by atoms with Crippen molar-refractivity contribution in [3.63, 3.8) is 0 Å². The van der Waals surface area contributed by atoms with E-state index in [0.717, 1.165) is 17.9 Å².